The van der Waals surface area contributed by atoms with Crippen LogP contribution in [0.5, 0.6) is 0 Å². The van der Waals surface area contributed by atoms with E-state index >= 15 is 0 Å². The fourth-order valence-electron chi connectivity index (χ4n) is 2.77. The van der Waals surface area contributed by atoms with E-state index in [4.69, 9.17) is 11.5 Å². The topological polar surface area (TPSA) is 93.6 Å². The zero-order valence-corrected chi connectivity index (χ0v) is 14.3. The average molecular weight is 347 g/mol. The molecule has 0 bridgehead atoms. The summed E-state index contributed by atoms with van der Waals surface area (Å²) in [5.41, 5.74) is 16.8. The van der Waals surface area contributed by atoms with Crippen LogP contribution in [-0.2, 0) is 6.42 Å². The van der Waals surface area contributed by atoms with Crippen LogP contribution in [0.1, 0.15) is 11.1 Å². The van der Waals surface area contributed by atoms with Crippen LogP contribution in [0.3, 0.4) is 0 Å². The summed E-state index contributed by atoms with van der Waals surface area (Å²) in [6.45, 7) is 0. The lowest BCUT2D eigenvalue weighted by molar-refractivity contribution is 1.10. The van der Waals surface area contributed by atoms with E-state index < -0.39 is 0 Å². The van der Waals surface area contributed by atoms with E-state index in [1.165, 1.54) is 20.9 Å². The molecular weight excluding hydrogens is 330 g/mol. The molecule has 0 spiro atoms. The highest BCUT2D eigenvalue weighted by Gasteiger charge is 2.08. The summed E-state index contributed by atoms with van der Waals surface area (Å²) in [6.07, 6.45) is 4.19. The van der Waals surface area contributed by atoms with Gasteiger partial charge < -0.3 is 11.5 Å². The number of rotatable bonds is 4. The third-order valence-corrected chi connectivity index (χ3v) is 5.26. The van der Waals surface area contributed by atoms with Crippen LogP contribution < -0.4 is 11.5 Å². The third-order valence-electron chi connectivity index (χ3n) is 4.09. The van der Waals surface area contributed by atoms with E-state index in [9.17, 15) is 0 Å². The zero-order valence-electron chi connectivity index (χ0n) is 13.4. The molecule has 0 saturated heterocycles. The van der Waals surface area contributed by atoms with Gasteiger partial charge in [-0.3, -0.25) is 5.10 Å². The summed E-state index contributed by atoms with van der Waals surface area (Å²) in [7, 11) is 0. The van der Waals surface area contributed by atoms with Crippen LogP contribution in [-0.4, -0.2) is 15.2 Å². The van der Waals surface area contributed by atoms with E-state index in [-0.39, 0.29) is 0 Å². The Labute approximate surface area is 149 Å². The number of thiophene rings is 1. The number of H-pyrrole nitrogens is 1. The van der Waals surface area contributed by atoms with Gasteiger partial charge in [-0.25, -0.2) is 4.98 Å². The summed E-state index contributed by atoms with van der Waals surface area (Å²) >= 11 is 1.74. The van der Waals surface area contributed by atoms with Crippen molar-refractivity contribution in [3.63, 3.8) is 0 Å². The van der Waals surface area contributed by atoms with Crippen molar-refractivity contribution in [2.75, 3.05) is 11.5 Å². The Balaban J connectivity index is 1.62. The van der Waals surface area contributed by atoms with Gasteiger partial charge in [0.2, 0.25) is 0 Å². The maximum atomic E-state index is 6.04. The highest BCUT2D eigenvalue weighted by atomic mass is 32.1. The summed E-state index contributed by atoms with van der Waals surface area (Å²) in [5, 5.41) is 7.01. The molecule has 0 aliphatic carbocycles. The number of nitrogens with zero attached hydrogens (tertiary/aromatic N) is 2. The second-order valence-corrected chi connectivity index (χ2v) is 6.86. The lowest BCUT2D eigenvalue weighted by atomic mass is 10.0. The van der Waals surface area contributed by atoms with E-state index in [0.717, 1.165) is 17.7 Å². The molecule has 4 aromatic rings. The SMILES string of the molecule is Nc1nccc(Cc2cccc(-c3ccc(-c4ccn[nH]4)s3)c2)c1N. The summed E-state index contributed by atoms with van der Waals surface area (Å²) in [5.74, 6) is 0.385. The Hall–Kier alpha value is -3.12. The predicted molar refractivity (Wildman–Crippen MR) is 103 cm³/mol. The third kappa shape index (κ3) is 3.12. The number of pyridine rings is 1. The number of nitrogens with one attached hydrogen (secondary N) is 1. The molecule has 6 heteroatoms. The smallest absolute Gasteiger partial charge is 0.146 e. The molecule has 0 aliphatic heterocycles. The molecule has 0 saturated carbocycles. The number of nitrogen functional groups attached to an aromatic ring is 2. The van der Waals surface area contributed by atoms with Crippen molar-refractivity contribution in [2.45, 2.75) is 6.42 Å². The second kappa shape index (κ2) is 6.41. The highest BCUT2D eigenvalue weighted by molar-refractivity contribution is 7.18. The molecule has 5 nitrogen and oxygen atoms in total. The molecular formula is C19H17N5S. The molecule has 0 aliphatic rings. The Bertz CT molecular complexity index is 1000. The molecule has 5 N–H and O–H groups in total. The van der Waals surface area contributed by atoms with Crippen LogP contribution in [0.4, 0.5) is 11.5 Å². The molecule has 0 radical (unpaired) electrons. The predicted octanol–water partition coefficient (Wildman–Crippen LogP) is 3.96. The van der Waals surface area contributed by atoms with Gasteiger partial charge in [0.15, 0.2) is 0 Å². The maximum absolute atomic E-state index is 6.04. The van der Waals surface area contributed by atoms with Crippen LogP contribution >= 0.6 is 11.3 Å². The van der Waals surface area contributed by atoms with Gasteiger partial charge in [0.1, 0.15) is 5.82 Å². The van der Waals surface area contributed by atoms with Gasteiger partial charge >= 0.3 is 0 Å². The summed E-state index contributed by atoms with van der Waals surface area (Å²) in [6, 6.07) is 16.6. The minimum atomic E-state index is 0.385. The largest absolute Gasteiger partial charge is 0.396 e. The van der Waals surface area contributed by atoms with Gasteiger partial charge in [0.05, 0.1) is 16.3 Å². The van der Waals surface area contributed by atoms with Gasteiger partial charge in [-0.05, 0) is 47.4 Å². The number of anilines is 2. The highest BCUT2D eigenvalue weighted by Crippen LogP contribution is 2.34. The van der Waals surface area contributed by atoms with Crippen molar-refractivity contribution in [1.82, 2.24) is 15.2 Å². The van der Waals surface area contributed by atoms with Crippen molar-refractivity contribution < 1.29 is 0 Å². The van der Waals surface area contributed by atoms with Gasteiger partial charge in [0, 0.05) is 17.3 Å². The standard InChI is InChI=1S/C19H17N5S/c20-18-14(6-8-22-19(18)21)11-12-2-1-3-13(10-12)16-4-5-17(25-16)15-7-9-23-24-15/h1-10H,11,20H2,(H2,21,22)(H,23,24). The van der Waals surface area contributed by atoms with Crippen molar-refractivity contribution in [3.8, 4) is 21.0 Å². The van der Waals surface area contributed by atoms with Gasteiger partial charge in [-0.1, -0.05) is 24.3 Å². The Morgan fingerprint density at radius 2 is 1.84 bits per heavy atom. The first-order valence-electron chi connectivity index (χ1n) is 7.88. The van der Waals surface area contributed by atoms with Gasteiger partial charge in [0.25, 0.3) is 0 Å². The summed E-state index contributed by atoms with van der Waals surface area (Å²) in [4.78, 5) is 6.41. The minimum absolute atomic E-state index is 0.385. The number of aromatic amines is 1. The van der Waals surface area contributed by atoms with Crippen molar-refractivity contribution >= 4 is 22.8 Å². The van der Waals surface area contributed by atoms with E-state index in [1.807, 2.05) is 12.1 Å². The molecule has 25 heavy (non-hydrogen) atoms. The molecule has 0 fully saturated rings. The van der Waals surface area contributed by atoms with Crippen molar-refractivity contribution in [3.05, 3.63) is 72.1 Å². The van der Waals surface area contributed by atoms with Gasteiger partial charge in [-0.15, -0.1) is 11.3 Å². The molecule has 0 amide bonds. The average Bonchev–Trinajstić information content (AvgIpc) is 3.30. The van der Waals surface area contributed by atoms with Gasteiger partial charge in [-0.2, -0.15) is 5.10 Å². The zero-order chi connectivity index (χ0) is 17.2. The van der Waals surface area contributed by atoms with Crippen LogP contribution in [0.15, 0.2) is 60.9 Å². The number of aromatic nitrogens is 3. The van der Waals surface area contributed by atoms with Crippen LogP contribution in [0.2, 0.25) is 0 Å². The molecule has 124 valence electrons. The molecule has 4 rings (SSSR count). The molecule has 1 aromatic carbocycles. The molecule has 0 atom stereocenters. The van der Waals surface area contributed by atoms with Crippen molar-refractivity contribution in [1.29, 1.82) is 0 Å². The molecule has 3 aromatic heterocycles. The fourth-order valence-corrected chi connectivity index (χ4v) is 3.75. The van der Waals surface area contributed by atoms with E-state index in [2.05, 4.69) is 51.6 Å². The lowest BCUT2D eigenvalue weighted by Crippen LogP contribution is -2.02. The van der Waals surface area contributed by atoms with E-state index in [0.29, 0.717) is 11.5 Å². The maximum Gasteiger partial charge on any atom is 0.146 e. The number of hydrogen-bond donors (Lipinski definition) is 3. The first-order valence-corrected chi connectivity index (χ1v) is 8.70. The monoisotopic (exact) mass is 347 g/mol. The first-order chi connectivity index (χ1) is 12.2. The Kier molecular flexibility index (Phi) is 3.95. The van der Waals surface area contributed by atoms with E-state index in [1.54, 1.807) is 23.7 Å². The van der Waals surface area contributed by atoms with Crippen LogP contribution in [0, 0.1) is 0 Å². The quantitative estimate of drug-likeness (QED) is 0.521. The second-order valence-electron chi connectivity index (χ2n) is 5.78. The lowest BCUT2D eigenvalue weighted by Gasteiger charge is -2.08. The molecule has 3 heterocycles. The first kappa shape index (κ1) is 15.4. The Morgan fingerprint density at radius 1 is 0.960 bits per heavy atom. The van der Waals surface area contributed by atoms with Crippen LogP contribution in [0.25, 0.3) is 21.0 Å². The number of nitrogens with two attached hydrogens (primary N) is 2. The summed E-state index contributed by atoms with van der Waals surface area (Å²) < 4.78 is 0. The minimum Gasteiger partial charge on any atom is -0.396 e. The Morgan fingerprint density at radius 3 is 2.68 bits per heavy atom. The fraction of sp³-hybridized carbons (Fsp3) is 0.0526. The van der Waals surface area contributed by atoms with Crippen molar-refractivity contribution in [2.24, 2.45) is 0 Å². The normalized spacial score (nSPS) is 10.9. The number of hydrogen-bond acceptors (Lipinski definition) is 5. The number of benzene rings is 1. The molecule has 0 unspecified atom stereocenters.